The number of nitrogens with one attached hydrogen (secondary N) is 1. The minimum atomic E-state index is -1.09. The van der Waals surface area contributed by atoms with E-state index in [0.717, 1.165) is 12.8 Å². The quantitative estimate of drug-likeness (QED) is 0.764. The smallest absolute Gasteiger partial charge is 0.328 e. The van der Waals surface area contributed by atoms with Gasteiger partial charge in [0.1, 0.15) is 12.1 Å². The number of rotatable bonds is 3. The second kappa shape index (κ2) is 6.78. The first-order chi connectivity index (χ1) is 9.68. The van der Waals surface area contributed by atoms with E-state index in [1.807, 2.05) is 0 Å². The van der Waals surface area contributed by atoms with E-state index in [0.29, 0.717) is 13.0 Å². The lowest BCUT2D eigenvalue weighted by Crippen LogP contribution is -2.58. The zero-order valence-electron chi connectivity index (χ0n) is 13.0. The molecular weight excluding hydrogens is 276 g/mol. The van der Waals surface area contributed by atoms with Crippen LogP contribution in [0.1, 0.15) is 40.0 Å². The predicted octanol–water partition coefficient (Wildman–Crippen LogP) is 1.22. The summed E-state index contributed by atoms with van der Waals surface area (Å²) in [5, 5.41) is 11.8. The highest BCUT2D eigenvalue weighted by atomic mass is 16.5. The van der Waals surface area contributed by atoms with Gasteiger partial charge in [0.05, 0.1) is 7.11 Å². The molecule has 2 unspecified atom stereocenters. The summed E-state index contributed by atoms with van der Waals surface area (Å²) in [4.78, 5) is 36.8. The lowest BCUT2D eigenvalue weighted by Gasteiger charge is -2.36. The van der Waals surface area contributed by atoms with Gasteiger partial charge in [-0.05, 0) is 24.7 Å². The van der Waals surface area contributed by atoms with Crippen LogP contribution in [0.15, 0.2) is 0 Å². The second-order valence-electron chi connectivity index (χ2n) is 6.31. The van der Waals surface area contributed by atoms with Gasteiger partial charge < -0.3 is 20.1 Å². The first-order valence-electron chi connectivity index (χ1n) is 7.06. The molecule has 7 nitrogen and oxygen atoms in total. The van der Waals surface area contributed by atoms with Crippen LogP contribution in [0.2, 0.25) is 0 Å². The van der Waals surface area contributed by atoms with Crippen molar-refractivity contribution >= 4 is 18.0 Å². The standard InChI is InChI=1S/C14H24N2O5/c1-14(2,3)10(11(17)18)15-13(20)16-8-6-5-7-9(16)12(19)21-4/h9-10H,5-8H2,1-4H3,(H,15,20)(H,17,18). The van der Waals surface area contributed by atoms with Crippen LogP contribution >= 0.6 is 0 Å². The van der Waals surface area contributed by atoms with Crippen molar-refractivity contribution in [3.05, 3.63) is 0 Å². The number of ether oxygens (including phenoxy) is 1. The Labute approximate surface area is 124 Å². The fourth-order valence-electron chi connectivity index (χ4n) is 2.41. The molecule has 0 saturated carbocycles. The molecule has 0 aromatic heterocycles. The average molecular weight is 300 g/mol. The number of likely N-dealkylation sites (tertiary alicyclic amines) is 1. The molecule has 1 rings (SSSR count). The summed E-state index contributed by atoms with van der Waals surface area (Å²) in [7, 11) is 1.28. The Bertz CT molecular complexity index is 416. The average Bonchev–Trinajstić information content (AvgIpc) is 2.42. The molecular formula is C14H24N2O5. The maximum Gasteiger partial charge on any atom is 0.328 e. The first-order valence-corrected chi connectivity index (χ1v) is 7.06. The summed E-state index contributed by atoms with van der Waals surface area (Å²) in [6, 6.07) is -2.20. The van der Waals surface area contributed by atoms with E-state index in [9.17, 15) is 19.5 Å². The molecule has 1 heterocycles. The molecule has 0 aromatic rings. The number of amides is 2. The SMILES string of the molecule is COC(=O)C1CCCCN1C(=O)NC(C(=O)O)C(C)(C)C. The number of urea groups is 1. The lowest BCUT2D eigenvalue weighted by atomic mass is 9.87. The van der Waals surface area contributed by atoms with Gasteiger partial charge in [-0.15, -0.1) is 0 Å². The van der Waals surface area contributed by atoms with Gasteiger partial charge in [0.15, 0.2) is 0 Å². The summed E-state index contributed by atoms with van der Waals surface area (Å²) in [6.45, 7) is 5.63. The highest BCUT2D eigenvalue weighted by molar-refractivity contribution is 5.87. The van der Waals surface area contributed by atoms with Gasteiger partial charge in [-0.2, -0.15) is 0 Å². The molecule has 0 spiro atoms. The molecule has 0 aliphatic carbocycles. The van der Waals surface area contributed by atoms with Crippen LogP contribution in [0.4, 0.5) is 4.79 Å². The van der Waals surface area contributed by atoms with Gasteiger partial charge in [-0.25, -0.2) is 14.4 Å². The van der Waals surface area contributed by atoms with Crippen molar-refractivity contribution in [1.82, 2.24) is 10.2 Å². The monoisotopic (exact) mass is 300 g/mol. The van der Waals surface area contributed by atoms with Crippen LogP contribution in [0.5, 0.6) is 0 Å². The van der Waals surface area contributed by atoms with Crippen LogP contribution < -0.4 is 5.32 Å². The first kappa shape index (κ1) is 17.3. The Kier molecular flexibility index (Phi) is 5.57. The molecule has 1 aliphatic heterocycles. The molecule has 2 amide bonds. The van der Waals surface area contributed by atoms with E-state index >= 15 is 0 Å². The maximum atomic E-state index is 12.3. The lowest BCUT2D eigenvalue weighted by molar-refractivity contribution is -0.147. The zero-order valence-corrected chi connectivity index (χ0v) is 13.0. The zero-order chi connectivity index (χ0) is 16.2. The molecule has 1 fully saturated rings. The van der Waals surface area contributed by atoms with E-state index in [2.05, 4.69) is 5.32 Å². The molecule has 2 N–H and O–H groups in total. The van der Waals surface area contributed by atoms with E-state index in [-0.39, 0.29) is 0 Å². The number of hydrogen-bond donors (Lipinski definition) is 2. The highest BCUT2D eigenvalue weighted by Gasteiger charge is 2.37. The number of carbonyl (C=O) groups is 3. The molecule has 7 heteroatoms. The van der Waals surface area contributed by atoms with Crippen molar-refractivity contribution in [2.24, 2.45) is 5.41 Å². The minimum Gasteiger partial charge on any atom is -0.480 e. The molecule has 120 valence electrons. The Hall–Kier alpha value is -1.79. The molecule has 1 saturated heterocycles. The van der Waals surface area contributed by atoms with E-state index in [4.69, 9.17) is 4.74 Å². The number of piperidine rings is 1. The maximum absolute atomic E-state index is 12.3. The van der Waals surface area contributed by atoms with Crippen molar-refractivity contribution < 1.29 is 24.2 Å². The van der Waals surface area contributed by atoms with E-state index < -0.39 is 35.5 Å². The van der Waals surface area contributed by atoms with Gasteiger partial charge in [0.25, 0.3) is 0 Å². The number of carboxylic acids is 1. The van der Waals surface area contributed by atoms with Gasteiger partial charge in [-0.3, -0.25) is 0 Å². The fourth-order valence-corrected chi connectivity index (χ4v) is 2.41. The second-order valence-corrected chi connectivity index (χ2v) is 6.31. The van der Waals surface area contributed by atoms with E-state index in [1.165, 1.54) is 12.0 Å². The number of carboxylic acid groups (broad SMARTS) is 1. The van der Waals surface area contributed by atoms with Crippen LogP contribution in [-0.2, 0) is 14.3 Å². The number of hydrogen-bond acceptors (Lipinski definition) is 4. The topological polar surface area (TPSA) is 95.9 Å². The van der Waals surface area contributed by atoms with Crippen molar-refractivity contribution in [1.29, 1.82) is 0 Å². The summed E-state index contributed by atoms with van der Waals surface area (Å²) < 4.78 is 4.71. The van der Waals surface area contributed by atoms with Crippen molar-refractivity contribution in [2.75, 3.05) is 13.7 Å². The molecule has 0 radical (unpaired) electrons. The van der Waals surface area contributed by atoms with Crippen molar-refractivity contribution in [2.45, 2.75) is 52.1 Å². The number of carbonyl (C=O) groups excluding carboxylic acids is 2. The van der Waals surface area contributed by atoms with Crippen LogP contribution in [-0.4, -0.2) is 53.7 Å². The summed E-state index contributed by atoms with van der Waals surface area (Å²) >= 11 is 0. The predicted molar refractivity (Wildman–Crippen MR) is 75.8 cm³/mol. The number of methoxy groups -OCH3 is 1. The Balaban J connectivity index is 2.84. The Morgan fingerprint density at radius 3 is 2.38 bits per heavy atom. The summed E-state index contributed by atoms with van der Waals surface area (Å²) in [5.74, 6) is -1.56. The van der Waals surface area contributed by atoms with E-state index in [1.54, 1.807) is 20.8 Å². The largest absolute Gasteiger partial charge is 0.480 e. The minimum absolute atomic E-state index is 0.419. The third kappa shape index (κ3) is 4.34. The van der Waals surface area contributed by atoms with Gasteiger partial charge in [0, 0.05) is 6.54 Å². The Morgan fingerprint density at radius 1 is 1.29 bits per heavy atom. The van der Waals surface area contributed by atoms with Gasteiger partial charge in [-0.1, -0.05) is 20.8 Å². The van der Waals surface area contributed by atoms with Gasteiger partial charge >= 0.3 is 18.0 Å². The normalized spacial score (nSPS) is 20.6. The van der Waals surface area contributed by atoms with Crippen molar-refractivity contribution in [3.63, 3.8) is 0 Å². The van der Waals surface area contributed by atoms with Crippen LogP contribution in [0.25, 0.3) is 0 Å². The number of nitrogens with zero attached hydrogens (tertiary/aromatic N) is 1. The summed E-state index contributed by atoms with van der Waals surface area (Å²) in [6.07, 6.45) is 2.16. The highest BCUT2D eigenvalue weighted by Crippen LogP contribution is 2.22. The van der Waals surface area contributed by atoms with Crippen LogP contribution in [0, 0.1) is 5.41 Å². The molecule has 21 heavy (non-hydrogen) atoms. The molecule has 0 bridgehead atoms. The fraction of sp³-hybridized carbons (Fsp3) is 0.786. The van der Waals surface area contributed by atoms with Crippen molar-refractivity contribution in [3.8, 4) is 0 Å². The number of aliphatic carboxylic acids is 1. The van der Waals surface area contributed by atoms with Crippen LogP contribution in [0.3, 0.4) is 0 Å². The van der Waals surface area contributed by atoms with Gasteiger partial charge in [0.2, 0.25) is 0 Å². The molecule has 0 aromatic carbocycles. The molecule has 2 atom stereocenters. The summed E-state index contributed by atoms with van der Waals surface area (Å²) in [5.41, 5.74) is -0.627. The number of esters is 1. The third-order valence-corrected chi connectivity index (χ3v) is 3.62. The third-order valence-electron chi connectivity index (χ3n) is 3.62. The Morgan fingerprint density at radius 2 is 1.90 bits per heavy atom. The molecule has 1 aliphatic rings.